The van der Waals surface area contributed by atoms with Gasteiger partial charge in [0.05, 0.1) is 18.7 Å². The maximum atomic E-state index is 13.2. The number of aryl methyl sites for hydroxylation is 1. The van der Waals surface area contributed by atoms with Gasteiger partial charge in [-0.05, 0) is 81.4 Å². The van der Waals surface area contributed by atoms with E-state index < -0.39 is 5.54 Å². The molecule has 0 spiro atoms. The first-order valence-electron chi connectivity index (χ1n) is 10.4. The third kappa shape index (κ3) is 3.90. The van der Waals surface area contributed by atoms with E-state index >= 15 is 0 Å². The molecule has 32 heavy (non-hydrogen) atoms. The Morgan fingerprint density at radius 1 is 1.19 bits per heavy atom. The fourth-order valence-corrected chi connectivity index (χ4v) is 4.41. The van der Waals surface area contributed by atoms with Gasteiger partial charge in [-0.2, -0.15) is 0 Å². The average molecular weight is 445 g/mol. The Labute approximate surface area is 193 Å². The van der Waals surface area contributed by atoms with Crippen LogP contribution in [-0.2, 0) is 4.79 Å². The summed E-state index contributed by atoms with van der Waals surface area (Å²) >= 11 is 5.69. The number of carbonyl (C=O) groups is 1. The minimum atomic E-state index is -0.752. The van der Waals surface area contributed by atoms with E-state index in [9.17, 15) is 4.79 Å². The van der Waals surface area contributed by atoms with Crippen molar-refractivity contribution in [1.82, 2.24) is 9.88 Å². The molecule has 2 heterocycles. The van der Waals surface area contributed by atoms with Gasteiger partial charge < -0.3 is 9.64 Å². The Kier molecular flexibility index (Phi) is 5.81. The van der Waals surface area contributed by atoms with Crippen molar-refractivity contribution in [2.24, 2.45) is 0 Å². The lowest BCUT2D eigenvalue weighted by Gasteiger charge is -2.29. The zero-order chi connectivity index (χ0) is 22.9. The molecule has 1 aliphatic rings. The Morgan fingerprint density at radius 3 is 2.75 bits per heavy atom. The van der Waals surface area contributed by atoms with Gasteiger partial charge in [-0.3, -0.25) is 14.7 Å². The number of hydrogen-bond acceptors (Lipinski definition) is 4. The molecule has 1 fully saturated rings. The lowest BCUT2D eigenvalue weighted by molar-refractivity contribution is -0.123. The van der Waals surface area contributed by atoms with Gasteiger partial charge >= 0.3 is 0 Å². The number of nitrogens with zero attached hydrogens (tertiary/aromatic N) is 4. The highest BCUT2D eigenvalue weighted by atomic mass is 32.1. The molecule has 0 unspecified atom stereocenters. The van der Waals surface area contributed by atoms with Gasteiger partial charge in [0.25, 0.3) is 5.91 Å². The molecular formula is C25H24N4O2S. The molecule has 2 aromatic carbocycles. The van der Waals surface area contributed by atoms with Crippen LogP contribution in [0.25, 0.3) is 15.7 Å². The number of pyridine rings is 1. The molecule has 1 aromatic heterocycles. The molecule has 0 aliphatic carbocycles. The summed E-state index contributed by atoms with van der Waals surface area (Å²) in [6, 6.07) is 15.1. The predicted octanol–water partition coefficient (Wildman–Crippen LogP) is 5.28. The Bertz CT molecular complexity index is 1250. The first-order chi connectivity index (χ1) is 15.3. The van der Waals surface area contributed by atoms with Crippen molar-refractivity contribution in [1.29, 1.82) is 0 Å². The van der Waals surface area contributed by atoms with Crippen LogP contribution in [0.4, 0.5) is 11.4 Å². The molecule has 0 N–H and O–H groups in total. The second-order valence-electron chi connectivity index (χ2n) is 8.28. The summed E-state index contributed by atoms with van der Waals surface area (Å²) in [5, 5.41) is 1.51. The fraction of sp³-hybridized carbons (Fsp3) is 0.280. The number of hydrogen-bond donors (Lipinski definition) is 0. The topological polar surface area (TPSA) is 50.0 Å². The first kappa shape index (κ1) is 21.7. The van der Waals surface area contributed by atoms with E-state index in [0.717, 1.165) is 22.2 Å². The first-order valence-corrected chi connectivity index (χ1v) is 10.9. The van der Waals surface area contributed by atoms with Crippen molar-refractivity contribution in [3.8, 4) is 5.75 Å². The van der Waals surface area contributed by atoms with Crippen LogP contribution in [0, 0.1) is 13.5 Å². The molecule has 1 aliphatic heterocycles. The normalized spacial score (nSPS) is 15.3. The highest BCUT2D eigenvalue weighted by molar-refractivity contribution is 7.80. The monoisotopic (exact) mass is 444 g/mol. The number of anilines is 1. The lowest BCUT2D eigenvalue weighted by Crippen LogP contribution is -2.44. The zero-order valence-corrected chi connectivity index (χ0v) is 19.1. The number of benzene rings is 2. The molecule has 0 atom stereocenters. The number of fused-ring (bicyclic) bond motifs is 1. The Balaban J connectivity index is 1.42. The number of aromatic nitrogens is 1. The zero-order valence-electron chi connectivity index (χ0n) is 18.3. The minimum Gasteiger partial charge on any atom is -0.494 e. The van der Waals surface area contributed by atoms with E-state index in [1.807, 2.05) is 62.1 Å². The highest BCUT2D eigenvalue weighted by Crippen LogP contribution is 2.34. The summed E-state index contributed by atoms with van der Waals surface area (Å²) in [5.41, 5.74) is 2.27. The lowest BCUT2D eigenvalue weighted by atomic mass is 10.0. The van der Waals surface area contributed by atoms with Crippen LogP contribution in [0.15, 0.2) is 54.7 Å². The molecule has 1 amide bonds. The van der Waals surface area contributed by atoms with Crippen LogP contribution in [0.3, 0.4) is 0 Å². The fourth-order valence-electron chi connectivity index (χ4n) is 3.90. The maximum Gasteiger partial charge on any atom is 0.258 e. The SMILES string of the molecule is [C-]#[N+]c1ccc(N2C(=O)C(C)(C)N(CCCOc3ccc4ncccc4c3)C2=S)cc1C. The molecule has 0 bridgehead atoms. The van der Waals surface area contributed by atoms with Crippen molar-refractivity contribution in [3.05, 3.63) is 71.7 Å². The van der Waals surface area contributed by atoms with E-state index in [2.05, 4.69) is 9.83 Å². The molecule has 0 radical (unpaired) electrons. The maximum absolute atomic E-state index is 13.2. The van der Waals surface area contributed by atoms with E-state index in [1.165, 1.54) is 0 Å². The smallest absolute Gasteiger partial charge is 0.258 e. The van der Waals surface area contributed by atoms with Gasteiger partial charge in [0.2, 0.25) is 0 Å². The number of amides is 1. The summed E-state index contributed by atoms with van der Waals surface area (Å²) in [6.45, 7) is 14.0. The van der Waals surface area contributed by atoms with Crippen molar-refractivity contribution >= 4 is 45.5 Å². The van der Waals surface area contributed by atoms with E-state index in [1.54, 1.807) is 23.2 Å². The van der Waals surface area contributed by atoms with Crippen LogP contribution >= 0.6 is 12.2 Å². The van der Waals surface area contributed by atoms with Crippen LogP contribution in [0.2, 0.25) is 0 Å². The Hall–Kier alpha value is -3.50. The van der Waals surface area contributed by atoms with E-state index in [0.29, 0.717) is 36.1 Å². The van der Waals surface area contributed by atoms with Crippen molar-refractivity contribution in [2.75, 3.05) is 18.1 Å². The van der Waals surface area contributed by atoms with E-state index in [4.69, 9.17) is 23.5 Å². The largest absolute Gasteiger partial charge is 0.494 e. The number of rotatable bonds is 6. The van der Waals surface area contributed by atoms with Crippen molar-refractivity contribution < 1.29 is 9.53 Å². The van der Waals surface area contributed by atoms with Gasteiger partial charge in [-0.1, -0.05) is 12.1 Å². The van der Waals surface area contributed by atoms with E-state index in [-0.39, 0.29) is 5.91 Å². The van der Waals surface area contributed by atoms with Gasteiger partial charge in [0, 0.05) is 23.8 Å². The summed E-state index contributed by atoms with van der Waals surface area (Å²) in [4.78, 5) is 24.5. The molecule has 0 saturated carbocycles. The van der Waals surface area contributed by atoms with Crippen molar-refractivity contribution in [3.63, 3.8) is 0 Å². The second-order valence-corrected chi connectivity index (χ2v) is 8.64. The van der Waals surface area contributed by atoms with Crippen molar-refractivity contribution in [2.45, 2.75) is 32.7 Å². The molecular weight excluding hydrogens is 420 g/mol. The quantitative estimate of drug-likeness (QED) is 0.294. The Morgan fingerprint density at radius 2 is 2.00 bits per heavy atom. The van der Waals surface area contributed by atoms with Gasteiger partial charge in [0.1, 0.15) is 11.3 Å². The highest BCUT2D eigenvalue weighted by Gasteiger charge is 2.49. The third-order valence-corrected chi connectivity index (χ3v) is 6.15. The summed E-state index contributed by atoms with van der Waals surface area (Å²) < 4.78 is 5.93. The minimum absolute atomic E-state index is 0.0691. The number of ether oxygens (including phenoxy) is 1. The molecule has 1 saturated heterocycles. The van der Waals surface area contributed by atoms with Crippen LogP contribution in [0.1, 0.15) is 25.8 Å². The summed E-state index contributed by atoms with van der Waals surface area (Å²) in [5.74, 6) is 0.724. The summed E-state index contributed by atoms with van der Waals surface area (Å²) in [6.07, 6.45) is 2.49. The molecule has 3 aromatic rings. The molecule has 162 valence electrons. The van der Waals surface area contributed by atoms with Crippen LogP contribution in [0.5, 0.6) is 5.75 Å². The predicted molar refractivity (Wildman–Crippen MR) is 130 cm³/mol. The van der Waals surface area contributed by atoms with Crippen LogP contribution in [-0.4, -0.2) is 39.6 Å². The average Bonchev–Trinajstić information content (AvgIpc) is 2.95. The summed E-state index contributed by atoms with van der Waals surface area (Å²) in [7, 11) is 0. The molecule has 7 heteroatoms. The molecule has 4 rings (SSSR count). The number of thiocarbonyl (C=S) groups is 1. The van der Waals surface area contributed by atoms with Crippen LogP contribution < -0.4 is 9.64 Å². The molecule has 6 nitrogen and oxygen atoms in total. The standard InChI is InChI=1S/C25H24N4O2S/c1-17-15-19(8-10-21(17)26-4)29-23(30)25(2,3)28(24(29)32)13-6-14-31-20-9-11-22-18(16-20)7-5-12-27-22/h5,7-12,15-16H,6,13-14H2,1-3H3. The van der Waals surface area contributed by atoms with Gasteiger partial charge in [-0.25, -0.2) is 4.85 Å². The number of carbonyl (C=O) groups excluding carboxylic acids is 1. The van der Waals surface area contributed by atoms with Gasteiger partial charge in [-0.15, -0.1) is 0 Å². The van der Waals surface area contributed by atoms with Gasteiger partial charge in [0.15, 0.2) is 10.8 Å². The third-order valence-electron chi connectivity index (χ3n) is 5.75. The second kappa shape index (κ2) is 8.56.